The van der Waals surface area contributed by atoms with Crippen LogP contribution in [0.4, 0.5) is 13.2 Å². The first-order valence-corrected chi connectivity index (χ1v) is 5.45. The van der Waals surface area contributed by atoms with Gasteiger partial charge in [-0.1, -0.05) is 11.8 Å². The molecule has 0 amide bonds. The molecule has 0 saturated carbocycles. The molecule has 0 spiro atoms. The maximum absolute atomic E-state index is 12.3. The molecule has 0 saturated heterocycles. The number of rotatable bonds is 2. The molecule has 0 aliphatic carbocycles. The normalized spacial score (nSPS) is 10.9. The molecule has 1 aromatic rings. The van der Waals surface area contributed by atoms with Gasteiger partial charge in [0.2, 0.25) is 0 Å². The zero-order valence-electron chi connectivity index (χ0n) is 10.1. The van der Waals surface area contributed by atoms with Crippen molar-refractivity contribution in [3.63, 3.8) is 0 Å². The number of benzene rings is 1. The molecule has 0 heterocycles. The van der Waals surface area contributed by atoms with Crippen LogP contribution in [0.5, 0.6) is 0 Å². The van der Waals surface area contributed by atoms with Crippen LogP contribution in [0.3, 0.4) is 0 Å². The lowest BCUT2D eigenvalue weighted by molar-refractivity contribution is -0.138. The Hall–Kier alpha value is -2.22. The number of carbonyl (C=O) groups excluding carboxylic acids is 1. The molecule has 2 nitrogen and oxygen atoms in total. The molecule has 1 rings (SSSR count). The molecule has 1 aromatic carbocycles. The third kappa shape index (κ3) is 5.30. The second kappa shape index (κ2) is 6.64. The van der Waals surface area contributed by atoms with Crippen LogP contribution in [0.15, 0.2) is 36.4 Å². The van der Waals surface area contributed by atoms with Gasteiger partial charge in [-0.15, -0.1) is 0 Å². The third-order valence-electron chi connectivity index (χ3n) is 2.02. The van der Waals surface area contributed by atoms with Gasteiger partial charge >= 0.3 is 12.1 Å². The smallest absolute Gasteiger partial charge is 0.416 e. The molecule has 0 bridgehead atoms. The molecule has 19 heavy (non-hydrogen) atoms. The maximum Gasteiger partial charge on any atom is 0.416 e. The van der Waals surface area contributed by atoms with Gasteiger partial charge < -0.3 is 4.74 Å². The minimum Gasteiger partial charge on any atom is -0.463 e. The summed E-state index contributed by atoms with van der Waals surface area (Å²) in [6, 6.07) is 4.46. The van der Waals surface area contributed by atoms with Gasteiger partial charge in [0.05, 0.1) is 12.2 Å². The van der Waals surface area contributed by atoms with E-state index in [9.17, 15) is 18.0 Å². The predicted octanol–water partition coefficient (Wildman–Crippen LogP) is 3.18. The summed E-state index contributed by atoms with van der Waals surface area (Å²) < 4.78 is 41.5. The predicted molar refractivity (Wildman–Crippen MR) is 64.1 cm³/mol. The second-order valence-electron chi connectivity index (χ2n) is 3.43. The average Bonchev–Trinajstić information content (AvgIpc) is 2.34. The second-order valence-corrected chi connectivity index (χ2v) is 3.43. The number of ether oxygens (including phenoxy) is 1. The Labute approximate surface area is 108 Å². The summed E-state index contributed by atoms with van der Waals surface area (Å²) in [6.45, 7) is 1.95. The lowest BCUT2D eigenvalue weighted by Gasteiger charge is -2.05. The third-order valence-corrected chi connectivity index (χ3v) is 2.02. The van der Waals surface area contributed by atoms with Crippen LogP contribution in [0.25, 0.3) is 0 Å². The zero-order valence-corrected chi connectivity index (χ0v) is 10.1. The Morgan fingerprint density at radius 1 is 1.32 bits per heavy atom. The van der Waals surface area contributed by atoms with E-state index in [2.05, 4.69) is 16.6 Å². The lowest BCUT2D eigenvalue weighted by Crippen LogP contribution is -2.04. The Kier molecular flexibility index (Phi) is 5.19. The Morgan fingerprint density at radius 3 is 2.47 bits per heavy atom. The molecule has 0 fully saturated rings. The van der Waals surface area contributed by atoms with E-state index in [1.807, 2.05) is 0 Å². The van der Waals surface area contributed by atoms with Crippen LogP contribution in [-0.4, -0.2) is 12.6 Å². The fourth-order valence-corrected chi connectivity index (χ4v) is 1.17. The van der Waals surface area contributed by atoms with Crippen molar-refractivity contribution >= 4 is 5.97 Å². The van der Waals surface area contributed by atoms with Crippen molar-refractivity contribution in [3.05, 3.63) is 47.5 Å². The van der Waals surface area contributed by atoms with Crippen LogP contribution in [0, 0.1) is 11.8 Å². The van der Waals surface area contributed by atoms with Gasteiger partial charge in [-0.3, -0.25) is 0 Å². The van der Waals surface area contributed by atoms with Gasteiger partial charge in [-0.05, 0) is 37.3 Å². The Bertz CT molecular complexity index is 516. The Morgan fingerprint density at radius 2 is 1.95 bits per heavy atom. The highest BCUT2D eigenvalue weighted by atomic mass is 19.4. The topological polar surface area (TPSA) is 26.3 Å². The molecule has 0 aromatic heterocycles. The summed E-state index contributed by atoms with van der Waals surface area (Å²) >= 11 is 0. The molecule has 5 heteroatoms. The molecule has 0 unspecified atom stereocenters. The SMILES string of the molecule is CCOC(=O)/C=C/C#Cc1ccc(C(F)(F)F)cc1. The number of hydrogen-bond donors (Lipinski definition) is 0. The summed E-state index contributed by atoms with van der Waals surface area (Å²) in [6.07, 6.45) is -1.91. The van der Waals surface area contributed by atoms with Gasteiger partial charge in [0.1, 0.15) is 0 Å². The summed E-state index contributed by atoms with van der Waals surface area (Å²) in [4.78, 5) is 10.9. The molecule has 100 valence electrons. The number of carbonyl (C=O) groups is 1. The van der Waals surface area contributed by atoms with E-state index in [0.717, 1.165) is 18.2 Å². The average molecular weight is 268 g/mol. The summed E-state index contributed by atoms with van der Waals surface area (Å²) in [7, 11) is 0. The zero-order chi connectivity index (χ0) is 14.3. The van der Waals surface area contributed by atoms with E-state index in [0.29, 0.717) is 5.56 Å². The first-order valence-electron chi connectivity index (χ1n) is 5.45. The number of alkyl halides is 3. The number of esters is 1. The van der Waals surface area contributed by atoms with Crippen LogP contribution >= 0.6 is 0 Å². The highest BCUT2D eigenvalue weighted by Crippen LogP contribution is 2.28. The largest absolute Gasteiger partial charge is 0.463 e. The number of allylic oxidation sites excluding steroid dienone is 1. The van der Waals surface area contributed by atoms with Crippen molar-refractivity contribution in [2.24, 2.45) is 0 Å². The summed E-state index contributed by atoms with van der Waals surface area (Å²) in [5, 5.41) is 0. The molecule has 0 N–H and O–H groups in total. The monoisotopic (exact) mass is 268 g/mol. The Balaban J connectivity index is 2.67. The minimum absolute atomic E-state index is 0.273. The van der Waals surface area contributed by atoms with E-state index in [1.54, 1.807) is 6.92 Å². The molecule has 0 aliphatic heterocycles. The van der Waals surface area contributed by atoms with Crippen molar-refractivity contribution in [1.29, 1.82) is 0 Å². The van der Waals surface area contributed by atoms with Gasteiger partial charge in [0.15, 0.2) is 0 Å². The fraction of sp³-hybridized carbons (Fsp3) is 0.214. The standard InChI is InChI=1S/C14H11F3O2/c1-2-19-13(18)6-4-3-5-11-7-9-12(10-8-11)14(15,16)17/h4,6-10H,2H2,1H3/b6-4+. The van der Waals surface area contributed by atoms with Crippen molar-refractivity contribution in [2.45, 2.75) is 13.1 Å². The van der Waals surface area contributed by atoms with E-state index < -0.39 is 17.7 Å². The quantitative estimate of drug-likeness (QED) is 0.468. The molecular weight excluding hydrogens is 257 g/mol. The first-order chi connectivity index (χ1) is 8.93. The van der Waals surface area contributed by atoms with Crippen LogP contribution in [-0.2, 0) is 15.7 Å². The number of hydrogen-bond acceptors (Lipinski definition) is 2. The van der Waals surface area contributed by atoms with E-state index in [-0.39, 0.29) is 6.61 Å². The molecule has 0 radical (unpaired) electrons. The highest BCUT2D eigenvalue weighted by Gasteiger charge is 2.29. The van der Waals surface area contributed by atoms with Crippen LogP contribution in [0.1, 0.15) is 18.1 Å². The lowest BCUT2D eigenvalue weighted by atomic mass is 10.1. The van der Waals surface area contributed by atoms with Crippen LogP contribution < -0.4 is 0 Å². The molecular formula is C14H11F3O2. The number of halogens is 3. The van der Waals surface area contributed by atoms with Gasteiger partial charge in [0, 0.05) is 11.6 Å². The molecule has 0 aliphatic rings. The van der Waals surface area contributed by atoms with Gasteiger partial charge in [-0.2, -0.15) is 13.2 Å². The summed E-state index contributed by atoms with van der Waals surface area (Å²) in [5.74, 6) is 4.64. The van der Waals surface area contributed by atoms with Crippen molar-refractivity contribution in [3.8, 4) is 11.8 Å². The van der Waals surface area contributed by atoms with E-state index in [1.165, 1.54) is 18.2 Å². The fourth-order valence-electron chi connectivity index (χ4n) is 1.17. The van der Waals surface area contributed by atoms with Crippen LogP contribution in [0.2, 0.25) is 0 Å². The van der Waals surface area contributed by atoms with Gasteiger partial charge in [-0.25, -0.2) is 4.79 Å². The maximum atomic E-state index is 12.3. The van der Waals surface area contributed by atoms with Gasteiger partial charge in [0.25, 0.3) is 0 Å². The first kappa shape index (κ1) is 14.8. The molecule has 0 atom stereocenters. The van der Waals surface area contributed by atoms with Crippen molar-refractivity contribution < 1.29 is 22.7 Å². The van der Waals surface area contributed by atoms with E-state index >= 15 is 0 Å². The summed E-state index contributed by atoms with van der Waals surface area (Å²) in [5.41, 5.74) is -0.290. The van der Waals surface area contributed by atoms with E-state index in [4.69, 9.17) is 0 Å². The highest BCUT2D eigenvalue weighted by molar-refractivity contribution is 5.82. The van der Waals surface area contributed by atoms with Crippen molar-refractivity contribution in [1.82, 2.24) is 0 Å². The minimum atomic E-state index is -4.35. The van der Waals surface area contributed by atoms with Crippen molar-refractivity contribution in [2.75, 3.05) is 6.61 Å².